The van der Waals surface area contributed by atoms with Gasteiger partial charge >= 0.3 is 11.8 Å². The third-order valence-corrected chi connectivity index (χ3v) is 4.19. The Kier molecular flexibility index (Phi) is 7.45. The molecular weight excluding hydrogens is 372 g/mol. The lowest BCUT2D eigenvalue weighted by Gasteiger charge is -2.17. The van der Waals surface area contributed by atoms with Gasteiger partial charge in [0.25, 0.3) is 0 Å². The number of hydrogen-bond donors (Lipinski definition) is 2. The van der Waals surface area contributed by atoms with Crippen molar-refractivity contribution >= 4 is 29.1 Å². The Bertz CT molecular complexity index is 812. The molecule has 7 nitrogen and oxygen atoms in total. The van der Waals surface area contributed by atoms with Crippen LogP contribution < -0.4 is 20.1 Å². The third-order valence-electron chi connectivity index (χ3n) is 3.85. The summed E-state index contributed by atoms with van der Waals surface area (Å²) in [5, 5.41) is 5.57. The van der Waals surface area contributed by atoms with Crippen LogP contribution in [0.5, 0.6) is 11.5 Å². The Morgan fingerprint density at radius 2 is 1.78 bits per heavy atom. The molecule has 0 aliphatic rings. The van der Waals surface area contributed by atoms with E-state index in [1.165, 1.54) is 21.3 Å². The van der Waals surface area contributed by atoms with E-state index in [2.05, 4.69) is 10.6 Å². The minimum atomic E-state index is -0.826. The zero-order valence-corrected chi connectivity index (χ0v) is 16.0. The number of benzene rings is 2. The number of carbonyl (C=O) groups is 2. The maximum atomic E-state index is 12.2. The van der Waals surface area contributed by atoms with Gasteiger partial charge in [0.1, 0.15) is 17.6 Å². The molecule has 144 valence electrons. The molecule has 8 heteroatoms. The largest absolute Gasteiger partial charge is 0.497 e. The Morgan fingerprint density at radius 3 is 2.41 bits per heavy atom. The van der Waals surface area contributed by atoms with Crippen LogP contribution >= 0.6 is 11.6 Å². The van der Waals surface area contributed by atoms with E-state index < -0.39 is 17.9 Å². The van der Waals surface area contributed by atoms with Crippen LogP contribution in [0.3, 0.4) is 0 Å². The fourth-order valence-electron chi connectivity index (χ4n) is 2.40. The van der Waals surface area contributed by atoms with Gasteiger partial charge < -0.3 is 24.8 Å². The summed E-state index contributed by atoms with van der Waals surface area (Å²) in [6.07, 6.45) is -0.481. The number of hydrogen-bond acceptors (Lipinski definition) is 5. The third kappa shape index (κ3) is 5.35. The fraction of sp³-hybridized carbons (Fsp3) is 0.263. The van der Waals surface area contributed by atoms with Crippen LogP contribution in [0.2, 0.25) is 5.02 Å². The Morgan fingerprint density at radius 1 is 1.04 bits per heavy atom. The van der Waals surface area contributed by atoms with E-state index in [9.17, 15) is 9.59 Å². The van der Waals surface area contributed by atoms with Crippen molar-refractivity contribution in [3.8, 4) is 11.5 Å². The smallest absolute Gasteiger partial charge is 0.313 e. The molecule has 0 fully saturated rings. The molecule has 0 aliphatic carbocycles. The monoisotopic (exact) mass is 392 g/mol. The average Bonchev–Trinajstić information content (AvgIpc) is 2.69. The van der Waals surface area contributed by atoms with Gasteiger partial charge in [0, 0.05) is 30.3 Å². The van der Waals surface area contributed by atoms with Crippen molar-refractivity contribution < 1.29 is 23.8 Å². The molecule has 0 aromatic heterocycles. The van der Waals surface area contributed by atoms with Gasteiger partial charge in [0.2, 0.25) is 0 Å². The molecule has 1 atom stereocenters. The molecule has 0 aliphatic heterocycles. The van der Waals surface area contributed by atoms with Crippen molar-refractivity contribution in [2.45, 2.75) is 6.10 Å². The number of halogens is 1. The van der Waals surface area contributed by atoms with Crippen molar-refractivity contribution in [2.24, 2.45) is 0 Å². The number of carbonyl (C=O) groups excluding carboxylic acids is 2. The lowest BCUT2D eigenvalue weighted by Crippen LogP contribution is -2.38. The molecule has 2 aromatic rings. The topological polar surface area (TPSA) is 85.9 Å². The second-order valence-corrected chi connectivity index (χ2v) is 5.88. The van der Waals surface area contributed by atoms with Gasteiger partial charge in [0.05, 0.1) is 19.9 Å². The van der Waals surface area contributed by atoms with Gasteiger partial charge in [0.15, 0.2) is 0 Å². The predicted molar refractivity (Wildman–Crippen MR) is 102 cm³/mol. The Labute approximate surface area is 162 Å². The molecule has 0 saturated heterocycles. The number of rotatable bonds is 7. The molecule has 2 amide bonds. The fourth-order valence-corrected chi connectivity index (χ4v) is 2.66. The molecule has 2 rings (SSSR count). The first-order chi connectivity index (χ1) is 13.0. The minimum absolute atomic E-state index is 0.0895. The number of methoxy groups -OCH3 is 3. The summed E-state index contributed by atoms with van der Waals surface area (Å²) < 4.78 is 15.7. The maximum absolute atomic E-state index is 12.2. The van der Waals surface area contributed by atoms with Crippen LogP contribution in [0.15, 0.2) is 42.5 Å². The number of amides is 2. The molecule has 2 aromatic carbocycles. The van der Waals surface area contributed by atoms with Crippen molar-refractivity contribution in [1.29, 1.82) is 0 Å². The summed E-state index contributed by atoms with van der Waals surface area (Å²) in [7, 11) is 4.48. The van der Waals surface area contributed by atoms with Crippen LogP contribution in [-0.2, 0) is 14.3 Å². The minimum Gasteiger partial charge on any atom is -0.497 e. The molecule has 1 unspecified atom stereocenters. The van der Waals surface area contributed by atoms with Gasteiger partial charge in [-0.1, -0.05) is 29.8 Å². The number of ether oxygens (including phenoxy) is 3. The van der Waals surface area contributed by atoms with Crippen molar-refractivity contribution in [2.75, 3.05) is 33.2 Å². The summed E-state index contributed by atoms with van der Waals surface area (Å²) in [5.41, 5.74) is 1.08. The van der Waals surface area contributed by atoms with Gasteiger partial charge in [-0.3, -0.25) is 9.59 Å². The summed E-state index contributed by atoms with van der Waals surface area (Å²) in [6.45, 7) is 0.0895. The van der Waals surface area contributed by atoms with E-state index in [1.54, 1.807) is 36.4 Å². The molecule has 0 heterocycles. The van der Waals surface area contributed by atoms with Crippen LogP contribution in [0.4, 0.5) is 5.69 Å². The number of anilines is 1. The second kappa shape index (κ2) is 9.80. The second-order valence-electron chi connectivity index (χ2n) is 5.48. The molecular formula is C19H21ClN2O5. The molecule has 27 heavy (non-hydrogen) atoms. The van der Waals surface area contributed by atoms with Gasteiger partial charge in [-0.05, 0) is 18.2 Å². The molecule has 0 saturated carbocycles. The van der Waals surface area contributed by atoms with Crippen molar-refractivity contribution in [3.05, 3.63) is 53.1 Å². The number of nitrogens with one attached hydrogen (secondary N) is 2. The van der Waals surface area contributed by atoms with E-state index in [1.807, 2.05) is 6.07 Å². The predicted octanol–water partition coefficient (Wildman–Crippen LogP) is 2.80. The average molecular weight is 393 g/mol. The lowest BCUT2D eigenvalue weighted by atomic mass is 10.1. The summed E-state index contributed by atoms with van der Waals surface area (Å²) in [6, 6.07) is 12.0. The Hall–Kier alpha value is -2.77. The highest BCUT2D eigenvalue weighted by Crippen LogP contribution is 2.29. The van der Waals surface area contributed by atoms with Gasteiger partial charge in [-0.15, -0.1) is 0 Å². The highest BCUT2D eigenvalue weighted by molar-refractivity contribution is 6.39. The van der Waals surface area contributed by atoms with Crippen LogP contribution in [0.25, 0.3) is 0 Å². The van der Waals surface area contributed by atoms with E-state index in [-0.39, 0.29) is 6.54 Å². The van der Waals surface area contributed by atoms with Crippen molar-refractivity contribution in [1.82, 2.24) is 5.32 Å². The van der Waals surface area contributed by atoms with Gasteiger partial charge in [-0.2, -0.15) is 0 Å². The molecule has 0 radical (unpaired) electrons. The van der Waals surface area contributed by atoms with Crippen LogP contribution in [0, 0.1) is 0 Å². The van der Waals surface area contributed by atoms with E-state index in [4.69, 9.17) is 25.8 Å². The van der Waals surface area contributed by atoms with Crippen LogP contribution in [-0.4, -0.2) is 39.7 Å². The first-order valence-corrected chi connectivity index (χ1v) is 8.46. The SMILES string of the molecule is COc1ccc(NC(=O)C(=O)NCC(OC)c2ccccc2Cl)c(OC)c1. The summed E-state index contributed by atoms with van der Waals surface area (Å²) in [5.74, 6) is -0.687. The first-order valence-electron chi connectivity index (χ1n) is 8.08. The van der Waals surface area contributed by atoms with E-state index in [0.717, 1.165) is 5.56 Å². The quantitative estimate of drug-likeness (QED) is 0.708. The van der Waals surface area contributed by atoms with Crippen molar-refractivity contribution in [3.63, 3.8) is 0 Å². The first kappa shape index (κ1) is 20.5. The zero-order chi connectivity index (χ0) is 19.8. The normalized spacial score (nSPS) is 11.4. The Balaban J connectivity index is 1.99. The zero-order valence-electron chi connectivity index (χ0n) is 15.2. The molecule has 0 spiro atoms. The summed E-state index contributed by atoms with van der Waals surface area (Å²) in [4.78, 5) is 24.3. The van der Waals surface area contributed by atoms with E-state index in [0.29, 0.717) is 22.2 Å². The maximum Gasteiger partial charge on any atom is 0.313 e. The highest BCUT2D eigenvalue weighted by Gasteiger charge is 2.19. The standard InChI is InChI=1S/C19H21ClN2O5/c1-25-12-8-9-15(16(10-12)26-2)22-19(24)18(23)21-11-17(27-3)13-6-4-5-7-14(13)20/h4-10,17H,11H2,1-3H3,(H,21,23)(H,22,24). The highest BCUT2D eigenvalue weighted by atomic mass is 35.5. The van der Waals surface area contributed by atoms with Crippen LogP contribution in [0.1, 0.15) is 11.7 Å². The lowest BCUT2D eigenvalue weighted by molar-refractivity contribution is -0.136. The van der Waals surface area contributed by atoms with E-state index >= 15 is 0 Å². The molecule has 2 N–H and O–H groups in total. The summed E-state index contributed by atoms with van der Waals surface area (Å²) >= 11 is 6.14. The molecule has 0 bridgehead atoms. The van der Waals surface area contributed by atoms with Gasteiger partial charge in [-0.25, -0.2) is 0 Å².